The van der Waals surface area contributed by atoms with E-state index in [0.717, 1.165) is 19.3 Å². The summed E-state index contributed by atoms with van der Waals surface area (Å²) in [5.41, 5.74) is -0.350. The van der Waals surface area contributed by atoms with Crippen molar-refractivity contribution in [3.8, 4) is 0 Å². The predicted molar refractivity (Wildman–Crippen MR) is 39.0 cm³/mol. The van der Waals surface area contributed by atoms with E-state index in [-0.39, 0.29) is 23.7 Å². The van der Waals surface area contributed by atoms with Gasteiger partial charge in [0.2, 0.25) is 5.91 Å². The molecule has 0 aromatic rings. The summed E-state index contributed by atoms with van der Waals surface area (Å²) in [4.78, 5) is 24.1. The highest BCUT2D eigenvalue weighted by molar-refractivity contribution is 6.10. The molecule has 0 bridgehead atoms. The first-order chi connectivity index (χ1) is 5.17. The van der Waals surface area contributed by atoms with E-state index in [4.69, 9.17) is 0 Å². The largest absolute Gasteiger partial charge is 0.333 e. The van der Waals surface area contributed by atoms with Crippen molar-refractivity contribution in [1.82, 2.24) is 4.90 Å². The van der Waals surface area contributed by atoms with Gasteiger partial charge in [-0.1, -0.05) is 0 Å². The summed E-state index contributed by atoms with van der Waals surface area (Å²) in [5, 5.41) is 0. The molecule has 1 spiro atoms. The summed E-state index contributed by atoms with van der Waals surface area (Å²) >= 11 is 0. The van der Waals surface area contributed by atoms with E-state index in [1.165, 1.54) is 0 Å². The van der Waals surface area contributed by atoms with Crippen LogP contribution in [-0.4, -0.2) is 29.2 Å². The van der Waals surface area contributed by atoms with Crippen LogP contribution in [0.15, 0.2) is 0 Å². The second-order valence-corrected chi connectivity index (χ2v) is 3.44. The Morgan fingerprint density at radius 3 is 2.18 bits per heavy atom. The number of Topliss-reactive ketones (excluding diaryl/α,β-unsaturated/α-hetero) is 1. The van der Waals surface area contributed by atoms with E-state index >= 15 is 0 Å². The minimum atomic E-state index is -0.350. The third kappa shape index (κ3) is 0.633. The van der Waals surface area contributed by atoms with Gasteiger partial charge in [-0.15, -0.1) is 0 Å². The number of carbonyl (C=O) groups is 2. The first-order valence-electron chi connectivity index (χ1n) is 3.97. The van der Waals surface area contributed by atoms with E-state index in [2.05, 4.69) is 0 Å². The zero-order valence-corrected chi connectivity index (χ0v) is 6.59. The SMILES string of the molecule is CN1C(=O)CC(=O)C12CCC2. The molecule has 2 fully saturated rings. The maximum absolute atomic E-state index is 11.3. The van der Waals surface area contributed by atoms with Gasteiger partial charge in [-0.3, -0.25) is 9.59 Å². The number of likely N-dealkylation sites (tertiary alicyclic amines) is 1. The molecule has 2 aliphatic rings. The lowest BCUT2D eigenvalue weighted by Crippen LogP contribution is -2.52. The van der Waals surface area contributed by atoms with Gasteiger partial charge in [0.25, 0.3) is 0 Å². The van der Waals surface area contributed by atoms with Crippen LogP contribution in [-0.2, 0) is 9.59 Å². The zero-order valence-electron chi connectivity index (χ0n) is 6.59. The van der Waals surface area contributed by atoms with E-state index in [1.807, 2.05) is 0 Å². The number of likely N-dealkylation sites (N-methyl/N-ethyl adjacent to an activating group) is 1. The molecule has 0 radical (unpaired) electrons. The number of rotatable bonds is 0. The predicted octanol–water partition coefficient (Wildman–Crippen LogP) is 0.340. The lowest BCUT2D eigenvalue weighted by atomic mass is 9.74. The van der Waals surface area contributed by atoms with E-state index in [9.17, 15) is 9.59 Å². The summed E-state index contributed by atoms with van der Waals surface area (Å²) in [5.74, 6) is 0.131. The van der Waals surface area contributed by atoms with Crippen molar-refractivity contribution >= 4 is 11.7 Å². The number of carbonyl (C=O) groups excluding carboxylic acids is 2. The highest BCUT2D eigenvalue weighted by atomic mass is 16.2. The minimum absolute atomic E-state index is 0.00491. The van der Waals surface area contributed by atoms with Gasteiger partial charge in [0.05, 0.1) is 6.42 Å². The van der Waals surface area contributed by atoms with Crippen molar-refractivity contribution in [2.45, 2.75) is 31.2 Å². The summed E-state index contributed by atoms with van der Waals surface area (Å²) in [6.45, 7) is 0. The topological polar surface area (TPSA) is 37.4 Å². The molecule has 0 unspecified atom stereocenters. The molecule has 11 heavy (non-hydrogen) atoms. The summed E-state index contributed by atoms with van der Waals surface area (Å²) in [6, 6.07) is 0. The van der Waals surface area contributed by atoms with Gasteiger partial charge in [-0.2, -0.15) is 0 Å². The van der Waals surface area contributed by atoms with Crippen LogP contribution in [0.4, 0.5) is 0 Å². The quantitative estimate of drug-likeness (QED) is 0.470. The van der Waals surface area contributed by atoms with E-state index < -0.39 is 0 Å². The van der Waals surface area contributed by atoms with Crippen molar-refractivity contribution in [2.75, 3.05) is 7.05 Å². The highest BCUT2D eigenvalue weighted by Crippen LogP contribution is 2.42. The third-order valence-electron chi connectivity index (χ3n) is 3.03. The summed E-state index contributed by atoms with van der Waals surface area (Å²) in [7, 11) is 1.74. The molecule has 0 N–H and O–H groups in total. The van der Waals surface area contributed by atoms with Crippen molar-refractivity contribution < 1.29 is 9.59 Å². The summed E-state index contributed by atoms with van der Waals surface area (Å²) < 4.78 is 0. The molecule has 2 rings (SSSR count). The molecular formula is C8H11NO2. The molecule has 1 aliphatic heterocycles. The normalized spacial score (nSPS) is 27.9. The van der Waals surface area contributed by atoms with Crippen molar-refractivity contribution in [2.24, 2.45) is 0 Å². The second kappa shape index (κ2) is 1.84. The smallest absolute Gasteiger partial charge is 0.230 e. The maximum Gasteiger partial charge on any atom is 0.230 e. The highest BCUT2D eigenvalue weighted by Gasteiger charge is 2.54. The number of ketones is 1. The first kappa shape index (κ1) is 6.83. The average molecular weight is 153 g/mol. The Balaban J connectivity index is 2.32. The lowest BCUT2D eigenvalue weighted by Gasteiger charge is -2.42. The molecule has 0 atom stereocenters. The molecule has 1 saturated heterocycles. The second-order valence-electron chi connectivity index (χ2n) is 3.44. The third-order valence-corrected chi connectivity index (χ3v) is 3.03. The molecule has 0 aromatic heterocycles. The Labute approximate surface area is 65.4 Å². The van der Waals surface area contributed by atoms with Crippen LogP contribution in [0, 0.1) is 0 Å². The van der Waals surface area contributed by atoms with Crippen LogP contribution in [0.2, 0.25) is 0 Å². The number of amides is 1. The van der Waals surface area contributed by atoms with Gasteiger partial charge < -0.3 is 4.90 Å². The number of nitrogens with zero attached hydrogens (tertiary/aromatic N) is 1. The van der Waals surface area contributed by atoms with Crippen molar-refractivity contribution in [3.63, 3.8) is 0 Å². The van der Waals surface area contributed by atoms with Crippen molar-refractivity contribution in [3.05, 3.63) is 0 Å². The Hall–Kier alpha value is -0.860. The van der Waals surface area contributed by atoms with Gasteiger partial charge in [0.15, 0.2) is 5.78 Å². The monoisotopic (exact) mass is 153 g/mol. The Bertz CT molecular complexity index is 230. The van der Waals surface area contributed by atoms with Crippen LogP contribution >= 0.6 is 0 Å². The molecule has 1 amide bonds. The van der Waals surface area contributed by atoms with Crippen molar-refractivity contribution in [1.29, 1.82) is 0 Å². The van der Waals surface area contributed by atoms with Crippen LogP contribution < -0.4 is 0 Å². The van der Waals surface area contributed by atoms with Crippen LogP contribution in [0.25, 0.3) is 0 Å². The standard InChI is InChI=1S/C8H11NO2/c1-9-7(11)5-6(10)8(9)3-2-4-8/h2-5H2,1H3. The Morgan fingerprint density at radius 1 is 1.36 bits per heavy atom. The first-order valence-corrected chi connectivity index (χ1v) is 3.97. The van der Waals surface area contributed by atoms with Gasteiger partial charge in [-0.05, 0) is 19.3 Å². The molecule has 60 valence electrons. The lowest BCUT2D eigenvalue weighted by molar-refractivity contribution is -0.134. The zero-order chi connectivity index (χ0) is 8.06. The molecule has 1 heterocycles. The van der Waals surface area contributed by atoms with E-state index in [0.29, 0.717) is 0 Å². The van der Waals surface area contributed by atoms with Gasteiger partial charge in [-0.25, -0.2) is 0 Å². The molecule has 0 aromatic carbocycles. The molecule has 1 saturated carbocycles. The summed E-state index contributed by atoms with van der Waals surface area (Å²) in [6.07, 6.45) is 2.99. The fraction of sp³-hybridized carbons (Fsp3) is 0.750. The van der Waals surface area contributed by atoms with Crippen LogP contribution in [0.5, 0.6) is 0 Å². The van der Waals surface area contributed by atoms with Gasteiger partial charge >= 0.3 is 0 Å². The minimum Gasteiger partial charge on any atom is -0.333 e. The molecule has 3 heteroatoms. The van der Waals surface area contributed by atoms with Gasteiger partial charge in [0, 0.05) is 7.05 Å². The molecule has 1 aliphatic carbocycles. The maximum atomic E-state index is 11.3. The fourth-order valence-corrected chi connectivity index (χ4v) is 1.97. The Morgan fingerprint density at radius 2 is 2.00 bits per heavy atom. The number of hydrogen-bond acceptors (Lipinski definition) is 2. The van der Waals surface area contributed by atoms with Gasteiger partial charge in [0.1, 0.15) is 5.54 Å². The molecule has 3 nitrogen and oxygen atoms in total. The van der Waals surface area contributed by atoms with Crippen LogP contribution in [0.3, 0.4) is 0 Å². The van der Waals surface area contributed by atoms with E-state index in [1.54, 1.807) is 11.9 Å². The average Bonchev–Trinajstić information content (AvgIpc) is 2.03. The fourth-order valence-electron chi connectivity index (χ4n) is 1.97. The number of hydrogen-bond donors (Lipinski definition) is 0. The molecular weight excluding hydrogens is 142 g/mol. The Kier molecular flexibility index (Phi) is 1.14. The van der Waals surface area contributed by atoms with Crippen LogP contribution in [0.1, 0.15) is 25.7 Å².